The van der Waals surface area contributed by atoms with E-state index >= 15 is 0 Å². The number of rotatable bonds is 7. The molecule has 0 heterocycles. The molecule has 0 aliphatic heterocycles. The van der Waals surface area contributed by atoms with E-state index in [0.717, 1.165) is 0 Å². The molecule has 0 N–H and O–H groups in total. The highest BCUT2D eigenvalue weighted by atomic mass is 16.6. The van der Waals surface area contributed by atoms with Crippen molar-refractivity contribution in [3.8, 4) is 12.1 Å². The van der Waals surface area contributed by atoms with Crippen LogP contribution in [-0.4, -0.2) is 25.6 Å². The fourth-order valence-electron chi connectivity index (χ4n) is 3.64. The highest BCUT2D eigenvalue weighted by molar-refractivity contribution is 6.09. The molecule has 0 aliphatic rings. The van der Waals surface area contributed by atoms with Crippen molar-refractivity contribution in [3.63, 3.8) is 0 Å². The Kier molecular flexibility index (Phi) is 6.52. The van der Waals surface area contributed by atoms with Gasteiger partial charge in [-0.2, -0.15) is 10.5 Å². The van der Waals surface area contributed by atoms with Crippen LogP contribution in [0.15, 0.2) is 71.0 Å². The van der Waals surface area contributed by atoms with E-state index in [-0.39, 0.29) is 0 Å². The lowest BCUT2D eigenvalue weighted by Gasteiger charge is -2.41. The smallest absolute Gasteiger partial charge is 0.151 e. The van der Waals surface area contributed by atoms with Gasteiger partial charge in [0.25, 0.3) is 0 Å². The lowest BCUT2D eigenvalue weighted by molar-refractivity contribution is 0.206. The summed E-state index contributed by atoms with van der Waals surface area (Å²) in [6.07, 6.45) is 0. The van der Waals surface area contributed by atoms with Gasteiger partial charge >= 0.3 is 0 Å². The monoisotopic (exact) mass is 374 g/mol. The average molecular weight is 374 g/mol. The van der Waals surface area contributed by atoms with Crippen LogP contribution in [0.2, 0.25) is 0 Å². The van der Waals surface area contributed by atoms with Crippen molar-refractivity contribution in [1.29, 1.82) is 10.5 Å². The van der Waals surface area contributed by atoms with Crippen LogP contribution in [0.25, 0.3) is 0 Å². The molecule has 0 aromatic heterocycles. The van der Waals surface area contributed by atoms with Crippen LogP contribution in [-0.2, 0) is 20.5 Å². The molecule has 0 radical (unpaired) electrons. The SMILES string of the molecule is CO/N=C(\C)C(C#N)(c1ccccc1)C(C#N)(/C(C)=N/OC)c1ccccc1. The standard InChI is InChI=1S/C22H22N4O2/c1-17(25-27-3)21(15-23,19-11-7-5-8-12-19)22(16-24,18(2)26-28-4)20-13-9-6-10-14-20/h5-14H,1-4H3/b25-17+,26-18+. The van der Waals surface area contributed by atoms with Gasteiger partial charge in [-0.15, -0.1) is 0 Å². The first kappa shape index (κ1) is 20.7. The minimum Gasteiger partial charge on any atom is -0.399 e. The minimum absolute atomic E-state index is 0.333. The van der Waals surface area contributed by atoms with Crippen LogP contribution in [0, 0.1) is 22.7 Å². The minimum atomic E-state index is -1.51. The summed E-state index contributed by atoms with van der Waals surface area (Å²) in [4.78, 5) is 10.0. The summed E-state index contributed by atoms with van der Waals surface area (Å²) >= 11 is 0. The Morgan fingerprint density at radius 3 is 1.29 bits per heavy atom. The third kappa shape index (κ3) is 3.10. The Labute approximate surface area is 165 Å². The molecule has 0 saturated carbocycles. The van der Waals surface area contributed by atoms with Gasteiger partial charge in [-0.1, -0.05) is 71.0 Å². The first-order valence-electron chi connectivity index (χ1n) is 8.65. The predicted octanol–water partition coefficient (Wildman–Crippen LogP) is 3.95. The normalized spacial score (nSPS) is 16.1. The van der Waals surface area contributed by atoms with Gasteiger partial charge < -0.3 is 9.68 Å². The third-order valence-electron chi connectivity index (χ3n) is 4.85. The van der Waals surface area contributed by atoms with E-state index in [1.165, 1.54) is 14.2 Å². The molecule has 0 bridgehead atoms. The lowest BCUT2D eigenvalue weighted by atomic mass is 9.54. The number of nitrogens with zero attached hydrogens (tertiary/aromatic N) is 4. The maximum atomic E-state index is 10.5. The Bertz CT molecular complexity index is 862. The van der Waals surface area contributed by atoms with Gasteiger partial charge in [0.2, 0.25) is 0 Å². The molecule has 0 aliphatic carbocycles. The number of hydrogen-bond acceptors (Lipinski definition) is 6. The Balaban J connectivity index is 3.09. The van der Waals surface area contributed by atoms with E-state index < -0.39 is 10.8 Å². The summed E-state index contributed by atoms with van der Waals surface area (Å²) in [6.45, 7) is 3.35. The molecular formula is C22H22N4O2. The summed E-state index contributed by atoms with van der Waals surface area (Å²) in [5, 5.41) is 29.2. The summed E-state index contributed by atoms with van der Waals surface area (Å²) in [5.41, 5.74) is -1.14. The fourth-order valence-corrected chi connectivity index (χ4v) is 3.64. The van der Waals surface area contributed by atoms with E-state index in [2.05, 4.69) is 22.4 Å². The van der Waals surface area contributed by atoms with Crippen molar-refractivity contribution < 1.29 is 9.68 Å². The molecule has 2 atom stereocenters. The fraction of sp³-hybridized carbons (Fsp3) is 0.273. The van der Waals surface area contributed by atoms with E-state index in [0.29, 0.717) is 22.6 Å². The maximum absolute atomic E-state index is 10.5. The molecule has 2 aromatic rings. The first-order valence-corrected chi connectivity index (χ1v) is 8.65. The van der Waals surface area contributed by atoms with Crippen molar-refractivity contribution in [2.24, 2.45) is 10.3 Å². The van der Waals surface area contributed by atoms with E-state index in [9.17, 15) is 10.5 Å². The molecule has 28 heavy (non-hydrogen) atoms. The molecule has 0 amide bonds. The Morgan fingerprint density at radius 2 is 1.04 bits per heavy atom. The molecule has 2 unspecified atom stereocenters. The number of hydrogen-bond donors (Lipinski definition) is 0. The molecule has 6 nitrogen and oxygen atoms in total. The van der Waals surface area contributed by atoms with E-state index in [1.807, 2.05) is 36.4 Å². The highest BCUT2D eigenvalue weighted by Crippen LogP contribution is 2.46. The third-order valence-corrected chi connectivity index (χ3v) is 4.85. The van der Waals surface area contributed by atoms with E-state index in [1.54, 1.807) is 38.1 Å². The molecule has 142 valence electrons. The molecular weight excluding hydrogens is 352 g/mol. The summed E-state index contributed by atoms with van der Waals surface area (Å²) in [6, 6.07) is 22.9. The molecule has 2 rings (SSSR count). The summed E-state index contributed by atoms with van der Waals surface area (Å²) in [5.74, 6) is 0. The second kappa shape index (κ2) is 8.83. The quantitative estimate of drug-likeness (QED) is 0.542. The zero-order valence-electron chi connectivity index (χ0n) is 16.4. The summed E-state index contributed by atoms with van der Waals surface area (Å²) in [7, 11) is 2.81. The van der Waals surface area contributed by atoms with Gasteiger partial charge in [0.15, 0.2) is 10.8 Å². The number of benzene rings is 2. The van der Waals surface area contributed by atoms with Crippen molar-refractivity contribution in [2.75, 3.05) is 14.2 Å². The summed E-state index contributed by atoms with van der Waals surface area (Å²) < 4.78 is 0. The zero-order valence-corrected chi connectivity index (χ0v) is 16.4. The molecule has 0 saturated heterocycles. The Morgan fingerprint density at radius 1 is 0.714 bits per heavy atom. The van der Waals surface area contributed by atoms with Crippen molar-refractivity contribution in [1.82, 2.24) is 0 Å². The van der Waals surface area contributed by atoms with Crippen LogP contribution in [0.5, 0.6) is 0 Å². The predicted molar refractivity (Wildman–Crippen MR) is 108 cm³/mol. The largest absolute Gasteiger partial charge is 0.399 e. The topological polar surface area (TPSA) is 90.8 Å². The first-order chi connectivity index (χ1) is 13.5. The van der Waals surface area contributed by atoms with Crippen molar-refractivity contribution >= 4 is 11.4 Å². The van der Waals surface area contributed by atoms with Gasteiger partial charge in [-0.05, 0) is 25.0 Å². The van der Waals surface area contributed by atoms with Gasteiger partial charge in [-0.25, -0.2) is 0 Å². The molecule has 2 aromatic carbocycles. The van der Waals surface area contributed by atoms with Gasteiger partial charge in [-0.3, -0.25) is 0 Å². The second-order valence-corrected chi connectivity index (χ2v) is 6.17. The van der Waals surface area contributed by atoms with Gasteiger partial charge in [0.05, 0.1) is 23.6 Å². The van der Waals surface area contributed by atoms with E-state index in [4.69, 9.17) is 9.68 Å². The molecule has 6 heteroatoms. The van der Waals surface area contributed by atoms with Crippen molar-refractivity contribution in [3.05, 3.63) is 71.8 Å². The van der Waals surface area contributed by atoms with Crippen LogP contribution in [0.3, 0.4) is 0 Å². The van der Waals surface area contributed by atoms with Gasteiger partial charge in [0, 0.05) is 0 Å². The van der Waals surface area contributed by atoms with Gasteiger partial charge in [0.1, 0.15) is 14.2 Å². The molecule has 0 fully saturated rings. The average Bonchev–Trinajstić information content (AvgIpc) is 2.73. The Hall–Kier alpha value is -3.64. The van der Waals surface area contributed by atoms with Crippen LogP contribution in [0.4, 0.5) is 0 Å². The highest BCUT2D eigenvalue weighted by Gasteiger charge is 2.60. The number of nitriles is 2. The second-order valence-electron chi connectivity index (χ2n) is 6.17. The van der Waals surface area contributed by atoms with Crippen LogP contribution < -0.4 is 0 Å². The van der Waals surface area contributed by atoms with Crippen LogP contribution >= 0.6 is 0 Å². The lowest BCUT2D eigenvalue weighted by Crippen LogP contribution is -2.56. The van der Waals surface area contributed by atoms with Crippen molar-refractivity contribution in [2.45, 2.75) is 24.7 Å². The van der Waals surface area contributed by atoms with Crippen LogP contribution in [0.1, 0.15) is 25.0 Å². The zero-order chi connectivity index (χ0) is 20.6. The maximum Gasteiger partial charge on any atom is 0.151 e. The number of oxime groups is 2. The molecule has 0 spiro atoms.